The molecule has 6 nitrogen and oxygen atoms in total. The molecule has 182 valence electrons. The molecule has 0 saturated heterocycles. The van der Waals surface area contributed by atoms with Crippen molar-refractivity contribution < 1.29 is 14.3 Å². The normalized spacial score (nSPS) is 15.4. The second-order valence-corrected chi connectivity index (χ2v) is 11.0. The van der Waals surface area contributed by atoms with Crippen molar-refractivity contribution in [2.24, 2.45) is 4.99 Å². The molecule has 0 saturated carbocycles. The number of ether oxygens (including phenoxy) is 2. The van der Waals surface area contributed by atoms with Crippen LogP contribution in [0.15, 0.2) is 81.4 Å². The number of benzene rings is 2. The van der Waals surface area contributed by atoms with Crippen LogP contribution in [0.3, 0.4) is 0 Å². The highest BCUT2D eigenvalue weighted by atomic mass is 127. The van der Waals surface area contributed by atoms with Gasteiger partial charge in [0.05, 0.1) is 33.1 Å². The van der Waals surface area contributed by atoms with E-state index in [0.717, 1.165) is 25.3 Å². The van der Waals surface area contributed by atoms with Crippen molar-refractivity contribution >= 4 is 63.0 Å². The zero-order chi connectivity index (χ0) is 25.2. The predicted molar refractivity (Wildman–Crippen MR) is 151 cm³/mol. The molecule has 5 rings (SSSR count). The van der Waals surface area contributed by atoms with Gasteiger partial charge in [-0.15, -0.1) is 11.3 Å². The number of fused-ring (bicyclic) bond motifs is 1. The Balaban J connectivity index is 1.78. The predicted octanol–water partition coefficient (Wildman–Crippen LogP) is 4.61. The van der Waals surface area contributed by atoms with Crippen molar-refractivity contribution in [1.29, 1.82) is 0 Å². The number of hydrogen-bond donors (Lipinski definition) is 0. The van der Waals surface area contributed by atoms with Gasteiger partial charge in [-0.05, 0) is 64.7 Å². The van der Waals surface area contributed by atoms with Gasteiger partial charge in [-0.3, -0.25) is 9.36 Å². The Labute approximate surface area is 229 Å². The molecule has 0 amide bonds. The average molecular weight is 629 g/mol. The number of halogens is 1. The van der Waals surface area contributed by atoms with Crippen molar-refractivity contribution in [2.45, 2.75) is 13.0 Å². The fourth-order valence-electron chi connectivity index (χ4n) is 4.08. The number of methoxy groups -OCH3 is 1. The number of rotatable bonds is 6. The quantitative estimate of drug-likeness (QED) is 0.231. The summed E-state index contributed by atoms with van der Waals surface area (Å²) in [6.45, 7) is 1.99. The highest BCUT2D eigenvalue weighted by molar-refractivity contribution is 14.1. The van der Waals surface area contributed by atoms with Crippen LogP contribution in [0.2, 0.25) is 0 Å². The van der Waals surface area contributed by atoms with E-state index >= 15 is 0 Å². The van der Waals surface area contributed by atoms with Crippen molar-refractivity contribution in [1.82, 2.24) is 4.57 Å². The zero-order valence-electron chi connectivity index (χ0n) is 19.4. The molecule has 9 heteroatoms. The van der Waals surface area contributed by atoms with Gasteiger partial charge in [0.1, 0.15) is 11.8 Å². The first-order valence-corrected chi connectivity index (χ1v) is 13.9. The number of carbonyl (C=O) groups is 1. The van der Waals surface area contributed by atoms with Crippen LogP contribution in [0.1, 0.15) is 29.0 Å². The largest absolute Gasteiger partial charge is 0.496 e. The van der Waals surface area contributed by atoms with E-state index in [0.29, 0.717) is 20.6 Å². The van der Waals surface area contributed by atoms with Crippen LogP contribution in [0.25, 0.3) is 11.8 Å². The van der Waals surface area contributed by atoms with Crippen LogP contribution in [0.4, 0.5) is 0 Å². The highest BCUT2D eigenvalue weighted by Crippen LogP contribution is 2.36. The summed E-state index contributed by atoms with van der Waals surface area (Å²) in [5, 5.41) is 1.94. The maximum atomic E-state index is 13.8. The van der Waals surface area contributed by atoms with Crippen molar-refractivity contribution in [3.63, 3.8) is 0 Å². The molecule has 1 aliphatic rings. The van der Waals surface area contributed by atoms with E-state index in [1.54, 1.807) is 18.6 Å². The summed E-state index contributed by atoms with van der Waals surface area (Å²) in [5.41, 5.74) is 2.37. The first kappa shape index (κ1) is 24.7. The van der Waals surface area contributed by atoms with E-state index in [1.165, 1.54) is 22.7 Å². The van der Waals surface area contributed by atoms with E-state index in [1.807, 2.05) is 72.1 Å². The van der Waals surface area contributed by atoms with Crippen LogP contribution in [0.5, 0.6) is 5.75 Å². The molecule has 1 atom stereocenters. The molecule has 0 aliphatic carbocycles. The van der Waals surface area contributed by atoms with Crippen LogP contribution >= 0.6 is 45.3 Å². The molecule has 2 aromatic carbocycles. The average Bonchev–Trinajstić information content (AvgIpc) is 3.52. The maximum absolute atomic E-state index is 13.8. The minimum Gasteiger partial charge on any atom is -0.496 e. The first-order valence-electron chi connectivity index (χ1n) is 11.2. The summed E-state index contributed by atoms with van der Waals surface area (Å²) < 4.78 is 13.9. The van der Waals surface area contributed by atoms with Crippen LogP contribution < -0.4 is 19.6 Å². The molecule has 0 N–H and O–H groups in total. The molecule has 0 fully saturated rings. The number of thiophene rings is 1. The summed E-state index contributed by atoms with van der Waals surface area (Å²) in [7, 11) is 1.63. The fourth-order valence-corrected chi connectivity index (χ4v) is 6.66. The van der Waals surface area contributed by atoms with Gasteiger partial charge >= 0.3 is 5.97 Å². The number of aromatic nitrogens is 1. The number of nitrogens with zero attached hydrogens (tertiary/aromatic N) is 2. The maximum Gasteiger partial charge on any atom is 0.338 e. The Morgan fingerprint density at radius 2 is 1.97 bits per heavy atom. The molecule has 2 aromatic heterocycles. The van der Waals surface area contributed by atoms with Gasteiger partial charge in [0, 0.05) is 10.4 Å². The van der Waals surface area contributed by atoms with E-state index in [4.69, 9.17) is 14.5 Å². The molecule has 4 aromatic rings. The van der Waals surface area contributed by atoms with E-state index < -0.39 is 12.0 Å². The Bertz CT molecular complexity index is 1640. The molecule has 1 aliphatic heterocycles. The topological polar surface area (TPSA) is 69.9 Å². The second-order valence-electron chi connectivity index (χ2n) is 7.84. The molecule has 36 heavy (non-hydrogen) atoms. The third kappa shape index (κ3) is 4.58. The molecular weight excluding hydrogens is 607 g/mol. The lowest BCUT2D eigenvalue weighted by Gasteiger charge is -2.24. The number of carbonyl (C=O) groups excluding carboxylic acids is 1. The molecule has 0 bridgehead atoms. The Hall–Kier alpha value is -3.02. The lowest BCUT2D eigenvalue weighted by molar-refractivity contribution is -0.138. The summed E-state index contributed by atoms with van der Waals surface area (Å²) in [6.07, 6.45) is 1.85. The van der Waals surface area contributed by atoms with Crippen molar-refractivity contribution in [3.05, 3.63) is 111 Å². The standard InChI is InChI=1S/C27H21IN2O4S2/c1-3-34-26(32)22-23(17-8-5-4-6-9-17)29-27-30(24(22)20-10-7-13-35-20)25(31)21(36-27)15-16-11-12-19(33-2)18(28)14-16/h4-15,24H,3H2,1-2H3/b21-15+/t24-/m0/s1. The summed E-state index contributed by atoms with van der Waals surface area (Å²) in [5.74, 6) is 0.302. The summed E-state index contributed by atoms with van der Waals surface area (Å²) in [4.78, 5) is 33.4. The molecular formula is C27H21IN2O4S2. The third-order valence-corrected chi connectivity index (χ3v) is 8.41. The molecule has 0 spiro atoms. The fraction of sp³-hybridized carbons (Fsp3) is 0.148. The summed E-state index contributed by atoms with van der Waals surface area (Å²) in [6, 6.07) is 18.5. The van der Waals surface area contributed by atoms with E-state index in [2.05, 4.69) is 22.6 Å². The lowest BCUT2D eigenvalue weighted by Crippen LogP contribution is -2.39. The monoisotopic (exact) mass is 628 g/mol. The first-order chi connectivity index (χ1) is 17.5. The van der Waals surface area contributed by atoms with Crippen LogP contribution in [-0.4, -0.2) is 24.3 Å². The SMILES string of the molecule is CCOC(=O)C1=C(c2ccccc2)N=c2s/c(=C/c3ccc(OC)c(I)c3)c(=O)n2[C@H]1c1cccs1. The zero-order valence-corrected chi connectivity index (χ0v) is 23.2. The Morgan fingerprint density at radius 3 is 2.64 bits per heavy atom. The van der Waals surface area contributed by atoms with Gasteiger partial charge in [-0.1, -0.05) is 53.8 Å². The van der Waals surface area contributed by atoms with Crippen LogP contribution in [-0.2, 0) is 9.53 Å². The van der Waals surface area contributed by atoms with E-state index in [9.17, 15) is 9.59 Å². The third-order valence-electron chi connectivity index (χ3n) is 5.66. The van der Waals surface area contributed by atoms with Gasteiger partial charge in [-0.2, -0.15) is 0 Å². The summed E-state index contributed by atoms with van der Waals surface area (Å²) >= 11 is 5.02. The minimum atomic E-state index is -0.631. The van der Waals surface area contributed by atoms with Gasteiger partial charge in [0.15, 0.2) is 4.80 Å². The van der Waals surface area contributed by atoms with Gasteiger partial charge in [-0.25, -0.2) is 9.79 Å². The molecule has 0 unspecified atom stereocenters. The van der Waals surface area contributed by atoms with Gasteiger partial charge in [0.25, 0.3) is 5.56 Å². The second kappa shape index (κ2) is 10.5. The van der Waals surface area contributed by atoms with Gasteiger partial charge < -0.3 is 9.47 Å². The highest BCUT2D eigenvalue weighted by Gasteiger charge is 2.35. The van der Waals surface area contributed by atoms with Gasteiger partial charge in [0.2, 0.25) is 0 Å². The van der Waals surface area contributed by atoms with Crippen LogP contribution in [0, 0.1) is 3.57 Å². The van der Waals surface area contributed by atoms with Crippen molar-refractivity contribution in [3.8, 4) is 5.75 Å². The van der Waals surface area contributed by atoms with E-state index in [-0.39, 0.29) is 12.2 Å². The number of hydrogen-bond acceptors (Lipinski definition) is 7. The number of esters is 1. The Morgan fingerprint density at radius 1 is 1.17 bits per heavy atom. The minimum absolute atomic E-state index is 0.197. The number of thiazole rings is 1. The smallest absolute Gasteiger partial charge is 0.338 e. The van der Waals surface area contributed by atoms with Crippen molar-refractivity contribution in [2.75, 3.05) is 13.7 Å². The molecule has 3 heterocycles. The Kier molecular flexibility index (Phi) is 7.22. The molecule has 0 radical (unpaired) electrons. The lowest BCUT2D eigenvalue weighted by atomic mass is 9.97.